The molecule has 132 valence electrons. The van der Waals surface area contributed by atoms with Gasteiger partial charge < -0.3 is 4.90 Å². The number of rotatable bonds is 5. The van der Waals surface area contributed by atoms with Crippen LogP contribution in [0.2, 0.25) is 10.2 Å². The monoisotopic (exact) mass is 382 g/mol. The minimum atomic E-state index is -0.505. The summed E-state index contributed by atoms with van der Waals surface area (Å²) in [4.78, 5) is 24.0. The number of aryl methyl sites for hydroxylation is 2. The van der Waals surface area contributed by atoms with Crippen LogP contribution in [0.25, 0.3) is 6.08 Å². The zero-order chi connectivity index (χ0) is 18.7. The Hall–Kier alpha value is -2.38. The summed E-state index contributed by atoms with van der Waals surface area (Å²) in [6, 6.07) is 4.13. The van der Waals surface area contributed by atoms with E-state index in [4.69, 9.17) is 23.2 Å². The van der Waals surface area contributed by atoms with E-state index in [1.54, 1.807) is 27.1 Å². The smallest absolute Gasteiger partial charge is 0.269 e. The van der Waals surface area contributed by atoms with Crippen LogP contribution in [-0.2, 0) is 18.4 Å². The van der Waals surface area contributed by atoms with E-state index in [2.05, 4.69) is 5.10 Å². The Morgan fingerprint density at radius 3 is 2.68 bits per heavy atom. The van der Waals surface area contributed by atoms with Crippen LogP contribution >= 0.6 is 23.2 Å². The quantitative estimate of drug-likeness (QED) is 0.449. The van der Waals surface area contributed by atoms with Crippen LogP contribution in [-0.4, -0.2) is 32.6 Å². The normalized spacial score (nSPS) is 11.1. The number of hydrogen-bond donors (Lipinski definition) is 0. The van der Waals surface area contributed by atoms with E-state index >= 15 is 0 Å². The number of halogens is 2. The van der Waals surface area contributed by atoms with Crippen molar-refractivity contribution in [3.63, 3.8) is 0 Å². The summed E-state index contributed by atoms with van der Waals surface area (Å²) in [6.07, 6.45) is 2.97. The summed E-state index contributed by atoms with van der Waals surface area (Å²) < 4.78 is 1.52. The third-order valence-electron chi connectivity index (χ3n) is 3.61. The lowest BCUT2D eigenvalue weighted by molar-refractivity contribution is -0.384. The molecule has 2 aromatic rings. The minimum absolute atomic E-state index is 0.0754. The number of nitrogens with zero attached hydrogens (tertiary/aromatic N) is 4. The highest BCUT2D eigenvalue weighted by Crippen LogP contribution is 2.23. The fourth-order valence-corrected chi connectivity index (χ4v) is 2.66. The highest BCUT2D eigenvalue weighted by molar-refractivity contribution is 6.31. The van der Waals surface area contributed by atoms with Crippen LogP contribution in [0.15, 0.2) is 24.3 Å². The topological polar surface area (TPSA) is 81.3 Å². The fourth-order valence-electron chi connectivity index (χ4n) is 2.25. The van der Waals surface area contributed by atoms with Crippen LogP contribution in [0.5, 0.6) is 0 Å². The van der Waals surface area contributed by atoms with Crippen molar-refractivity contribution in [1.29, 1.82) is 0 Å². The molecule has 0 atom stereocenters. The molecule has 0 spiro atoms. The van der Waals surface area contributed by atoms with Gasteiger partial charge in [0.05, 0.1) is 10.6 Å². The predicted molar refractivity (Wildman–Crippen MR) is 96.6 cm³/mol. The third kappa shape index (κ3) is 4.37. The van der Waals surface area contributed by atoms with E-state index < -0.39 is 4.92 Å². The van der Waals surface area contributed by atoms with E-state index in [1.807, 2.05) is 0 Å². The molecule has 1 heterocycles. The number of non-ortho nitro benzene ring substituents is 1. The molecular formula is C16H16Cl2N4O3. The molecule has 0 aliphatic carbocycles. The van der Waals surface area contributed by atoms with Gasteiger partial charge in [-0.25, -0.2) is 0 Å². The number of benzene rings is 1. The number of carbonyl (C=O) groups is 1. The van der Waals surface area contributed by atoms with Crippen LogP contribution < -0.4 is 0 Å². The van der Waals surface area contributed by atoms with E-state index in [0.717, 1.165) is 0 Å². The highest BCUT2D eigenvalue weighted by Gasteiger charge is 2.14. The van der Waals surface area contributed by atoms with E-state index in [0.29, 0.717) is 27.0 Å². The van der Waals surface area contributed by atoms with Gasteiger partial charge in [0.1, 0.15) is 5.15 Å². The van der Waals surface area contributed by atoms with E-state index in [-0.39, 0.29) is 18.1 Å². The predicted octanol–water partition coefficient (Wildman–Crippen LogP) is 3.62. The first-order chi connectivity index (χ1) is 11.7. The van der Waals surface area contributed by atoms with Gasteiger partial charge in [0.15, 0.2) is 0 Å². The number of aromatic nitrogens is 2. The number of nitro benzene ring substituents is 1. The molecule has 0 saturated heterocycles. The van der Waals surface area contributed by atoms with E-state index in [9.17, 15) is 14.9 Å². The fraction of sp³-hybridized carbons (Fsp3) is 0.250. The van der Waals surface area contributed by atoms with Crippen molar-refractivity contribution in [2.45, 2.75) is 13.5 Å². The Morgan fingerprint density at radius 2 is 2.12 bits per heavy atom. The first-order valence-electron chi connectivity index (χ1n) is 7.25. The molecule has 0 N–H and O–H groups in total. The van der Waals surface area contributed by atoms with Crippen LogP contribution in [0.4, 0.5) is 5.69 Å². The van der Waals surface area contributed by atoms with Crippen molar-refractivity contribution in [2.75, 3.05) is 7.05 Å². The van der Waals surface area contributed by atoms with Crippen molar-refractivity contribution in [2.24, 2.45) is 7.05 Å². The number of likely N-dealkylation sites (N-methyl/N-ethyl adjacent to an activating group) is 1. The zero-order valence-electron chi connectivity index (χ0n) is 13.9. The van der Waals surface area contributed by atoms with Crippen molar-refractivity contribution >= 4 is 40.9 Å². The minimum Gasteiger partial charge on any atom is -0.338 e. The van der Waals surface area contributed by atoms with Gasteiger partial charge in [-0.1, -0.05) is 23.2 Å². The molecule has 0 fully saturated rings. The summed E-state index contributed by atoms with van der Waals surface area (Å²) in [5.41, 5.74) is 1.80. The average Bonchev–Trinajstić information content (AvgIpc) is 2.79. The van der Waals surface area contributed by atoms with Crippen LogP contribution in [0, 0.1) is 17.0 Å². The van der Waals surface area contributed by atoms with Gasteiger partial charge in [0, 0.05) is 49.4 Å². The Kier molecular flexibility index (Phi) is 5.81. The van der Waals surface area contributed by atoms with E-state index in [1.165, 1.54) is 33.9 Å². The Labute approximate surface area is 154 Å². The molecular weight excluding hydrogens is 367 g/mol. The van der Waals surface area contributed by atoms with Crippen LogP contribution in [0.3, 0.4) is 0 Å². The van der Waals surface area contributed by atoms with Crippen molar-refractivity contribution in [3.8, 4) is 0 Å². The molecule has 7 nitrogen and oxygen atoms in total. The van der Waals surface area contributed by atoms with Gasteiger partial charge in [-0.2, -0.15) is 5.10 Å². The second-order valence-corrected chi connectivity index (χ2v) is 6.24. The zero-order valence-corrected chi connectivity index (χ0v) is 15.4. The molecule has 0 bridgehead atoms. The highest BCUT2D eigenvalue weighted by atomic mass is 35.5. The number of nitro groups is 1. The first kappa shape index (κ1) is 19.0. The summed E-state index contributed by atoms with van der Waals surface area (Å²) >= 11 is 12.2. The molecule has 0 aliphatic heterocycles. The van der Waals surface area contributed by atoms with Crippen molar-refractivity contribution in [3.05, 3.63) is 61.4 Å². The Balaban J connectivity index is 2.14. The van der Waals surface area contributed by atoms with Gasteiger partial charge in [-0.15, -0.1) is 0 Å². The number of amides is 1. The Morgan fingerprint density at radius 1 is 1.44 bits per heavy atom. The van der Waals surface area contributed by atoms with Gasteiger partial charge in [-0.05, 0) is 24.6 Å². The Bertz CT molecular complexity index is 861. The lowest BCUT2D eigenvalue weighted by Crippen LogP contribution is -2.24. The third-order valence-corrected chi connectivity index (χ3v) is 4.43. The maximum absolute atomic E-state index is 12.3. The van der Waals surface area contributed by atoms with Crippen molar-refractivity contribution < 1.29 is 9.72 Å². The molecule has 1 aromatic carbocycles. The molecule has 1 amide bonds. The second kappa shape index (κ2) is 7.67. The van der Waals surface area contributed by atoms with Crippen molar-refractivity contribution in [1.82, 2.24) is 14.7 Å². The maximum atomic E-state index is 12.3. The number of carbonyl (C=O) groups excluding carboxylic acids is 1. The molecule has 0 saturated carbocycles. The van der Waals surface area contributed by atoms with Gasteiger partial charge >= 0.3 is 0 Å². The van der Waals surface area contributed by atoms with Gasteiger partial charge in [0.25, 0.3) is 5.69 Å². The molecule has 0 unspecified atom stereocenters. The lowest BCUT2D eigenvalue weighted by atomic mass is 10.2. The molecule has 2 rings (SSSR count). The molecule has 9 heteroatoms. The molecule has 0 aliphatic rings. The summed E-state index contributed by atoms with van der Waals surface area (Å²) in [6.45, 7) is 1.94. The average molecular weight is 383 g/mol. The summed E-state index contributed by atoms with van der Waals surface area (Å²) in [5, 5.41) is 15.8. The van der Waals surface area contributed by atoms with Gasteiger partial charge in [-0.3, -0.25) is 19.6 Å². The SMILES string of the molecule is Cc1nn(C)c(Cl)c1C=CC(=O)N(C)Cc1cc([N+](=O)[O-])ccc1Cl. The largest absolute Gasteiger partial charge is 0.338 e. The summed E-state index contributed by atoms with van der Waals surface area (Å²) in [5.74, 6) is -0.290. The molecule has 25 heavy (non-hydrogen) atoms. The lowest BCUT2D eigenvalue weighted by Gasteiger charge is -2.16. The molecule has 0 radical (unpaired) electrons. The van der Waals surface area contributed by atoms with Gasteiger partial charge in [0.2, 0.25) is 5.91 Å². The first-order valence-corrected chi connectivity index (χ1v) is 8.01. The second-order valence-electron chi connectivity index (χ2n) is 5.47. The number of hydrogen-bond acceptors (Lipinski definition) is 4. The van der Waals surface area contributed by atoms with Crippen LogP contribution in [0.1, 0.15) is 16.8 Å². The standard InChI is InChI=1S/C16H16Cl2N4O3/c1-10-13(16(18)21(3)19-10)5-7-15(23)20(2)9-11-8-12(22(24)25)4-6-14(11)17/h4-8H,9H2,1-3H3. The summed E-state index contributed by atoms with van der Waals surface area (Å²) in [7, 11) is 3.30. The maximum Gasteiger partial charge on any atom is 0.269 e. The molecule has 1 aromatic heterocycles.